The highest BCUT2D eigenvalue weighted by atomic mass is 19.4. The molecule has 1 aliphatic rings. The first-order valence-corrected chi connectivity index (χ1v) is 7.50. The molecule has 1 aromatic heterocycles. The van der Waals surface area contributed by atoms with E-state index in [0.29, 0.717) is 23.9 Å². The van der Waals surface area contributed by atoms with E-state index in [1.165, 1.54) is 12.1 Å². The fourth-order valence-electron chi connectivity index (χ4n) is 3.30. The summed E-state index contributed by atoms with van der Waals surface area (Å²) in [7, 11) is 0. The van der Waals surface area contributed by atoms with Crippen molar-refractivity contribution in [3.8, 4) is 0 Å². The number of aromatic nitrogens is 2. The average molecular weight is 341 g/mol. The standard InChI is InChI=1S/C15H14F3N3O3/c16-15(17,18)14(6-2-1-3-7-14)20-13(22)12-8-11(21(23)24)5-4-10(12)9-19-20/h4-5,8-9H,1-3,6-7H2. The Morgan fingerprint density at radius 3 is 2.46 bits per heavy atom. The number of nitro groups is 1. The molecule has 3 rings (SSSR count). The Kier molecular flexibility index (Phi) is 3.81. The minimum Gasteiger partial charge on any atom is -0.267 e. The molecule has 0 bridgehead atoms. The van der Waals surface area contributed by atoms with E-state index in [0.717, 1.165) is 12.3 Å². The largest absolute Gasteiger partial charge is 0.413 e. The van der Waals surface area contributed by atoms with Crippen LogP contribution >= 0.6 is 0 Å². The second-order valence-electron chi connectivity index (χ2n) is 5.98. The third kappa shape index (κ3) is 2.44. The highest BCUT2D eigenvalue weighted by Gasteiger charge is 2.57. The molecule has 1 saturated carbocycles. The van der Waals surface area contributed by atoms with Gasteiger partial charge in [0.25, 0.3) is 11.2 Å². The number of benzene rings is 1. The summed E-state index contributed by atoms with van der Waals surface area (Å²) < 4.78 is 41.8. The maximum atomic E-state index is 13.8. The molecule has 1 fully saturated rings. The summed E-state index contributed by atoms with van der Waals surface area (Å²) in [6.45, 7) is 0. The lowest BCUT2D eigenvalue weighted by atomic mass is 9.81. The molecule has 1 heterocycles. The van der Waals surface area contributed by atoms with Crippen molar-refractivity contribution in [1.29, 1.82) is 0 Å². The molecule has 0 radical (unpaired) electrons. The van der Waals surface area contributed by atoms with E-state index in [1.807, 2.05) is 0 Å². The first-order chi connectivity index (χ1) is 11.3. The van der Waals surface area contributed by atoms with Gasteiger partial charge in [0.05, 0.1) is 16.5 Å². The lowest BCUT2D eigenvalue weighted by molar-refractivity contribution is -0.384. The van der Waals surface area contributed by atoms with Crippen molar-refractivity contribution in [1.82, 2.24) is 9.78 Å². The Labute approximate surface area is 134 Å². The van der Waals surface area contributed by atoms with Crippen molar-refractivity contribution in [3.63, 3.8) is 0 Å². The van der Waals surface area contributed by atoms with Crippen molar-refractivity contribution in [3.05, 3.63) is 44.9 Å². The zero-order valence-electron chi connectivity index (χ0n) is 12.5. The zero-order valence-corrected chi connectivity index (χ0v) is 12.5. The van der Waals surface area contributed by atoms with Gasteiger partial charge in [-0.3, -0.25) is 14.9 Å². The predicted molar refractivity (Wildman–Crippen MR) is 79.8 cm³/mol. The fraction of sp³-hybridized carbons (Fsp3) is 0.467. The molecule has 0 amide bonds. The van der Waals surface area contributed by atoms with Gasteiger partial charge in [-0.1, -0.05) is 19.3 Å². The summed E-state index contributed by atoms with van der Waals surface area (Å²) in [5, 5.41) is 14.8. The van der Waals surface area contributed by atoms with Crippen molar-refractivity contribution in [2.75, 3.05) is 0 Å². The van der Waals surface area contributed by atoms with E-state index < -0.39 is 22.2 Å². The minimum atomic E-state index is -4.63. The molecule has 1 aliphatic carbocycles. The van der Waals surface area contributed by atoms with Gasteiger partial charge >= 0.3 is 6.18 Å². The van der Waals surface area contributed by atoms with Crippen LogP contribution < -0.4 is 5.56 Å². The third-order valence-corrected chi connectivity index (χ3v) is 4.60. The van der Waals surface area contributed by atoms with Gasteiger partial charge in [-0.15, -0.1) is 0 Å². The van der Waals surface area contributed by atoms with Gasteiger partial charge in [0.2, 0.25) is 0 Å². The van der Waals surface area contributed by atoms with Crippen LogP contribution in [0.4, 0.5) is 18.9 Å². The molecule has 1 aromatic carbocycles. The number of nitro benzene ring substituents is 1. The number of nitrogens with zero attached hydrogens (tertiary/aromatic N) is 3. The molecule has 24 heavy (non-hydrogen) atoms. The summed E-state index contributed by atoms with van der Waals surface area (Å²) in [6.07, 6.45) is -2.54. The summed E-state index contributed by atoms with van der Waals surface area (Å²) in [5.41, 5.74) is -3.64. The molecule has 0 unspecified atom stereocenters. The van der Waals surface area contributed by atoms with E-state index in [1.54, 1.807) is 0 Å². The molecular weight excluding hydrogens is 327 g/mol. The van der Waals surface area contributed by atoms with Crippen molar-refractivity contribution < 1.29 is 18.1 Å². The zero-order chi connectivity index (χ0) is 17.5. The lowest BCUT2D eigenvalue weighted by Crippen LogP contribution is -2.54. The normalized spacial score (nSPS) is 17.8. The topological polar surface area (TPSA) is 78.0 Å². The van der Waals surface area contributed by atoms with Crippen LogP contribution in [0.25, 0.3) is 10.8 Å². The fourth-order valence-corrected chi connectivity index (χ4v) is 3.30. The SMILES string of the molecule is O=c1c2cc([N+](=O)[O-])ccc2cnn1C1(C(F)(F)F)CCCCC1. The number of halogens is 3. The van der Waals surface area contributed by atoms with Crippen LogP contribution in [0.15, 0.2) is 29.2 Å². The Hall–Kier alpha value is -2.45. The molecule has 0 N–H and O–H groups in total. The van der Waals surface area contributed by atoms with Gasteiger partial charge in [-0.05, 0) is 18.9 Å². The van der Waals surface area contributed by atoms with Crippen LogP contribution in [0.1, 0.15) is 32.1 Å². The highest BCUT2D eigenvalue weighted by Crippen LogP contribution is 2.46. The van der Waals surface area contributed by atoms with E-state index in [4.69, 9.17) is 0 Å². The van der Waals surface area contributed by atoms with Gasteiger partial charge in [-0.25, -0.2) is 4.68 Å². The third-order valence-electron chi connectivity index (χ3n) is 4.60. The Morgan fingerprint density at radius 2 is 1.88 bits per heavy atom. The van der Waals surface area contributed by atoms with Crippen LogP contribution in [0.5, 0.6) is 0 Å². The summed E-state index contributed by atoms with van der Waals surface area (Å²) in [4.78, 5) is 22.8. The van der Waals surface area contributed by atoms with E-state index >= 15 is 0 Å². The van der Waals surface area contributed by atoms with Crippen LogP contribution in [-0.4, -0.2) is 20.9 Å². The molecule has 0 saturated heterocycles. The monoisotopic (exact) mass is 341 g/mol. The number of alkyl halides is 3. The number of non-ortho nitro benzene ring substituents is 1. The van der Waals surface area contributed by atoms with Gasteiger partial charge in [0.15, 0.2) is 5.54 Å². The van der Waals surface area contributed by atoms with E-state index in [2.05, 4.69) is 5.10 Å². The Bertz CT molecular complexity index is 854. The van der Waals surface area contributed by atoms with Crippen molar-refractivity contribution in [2.45, 2.75) is 43.8 Å². The first kappa shape index (κ1) is 16.4. The Morgan fingerprint density at radius 1 is 1.21 bits per heavy atom. The van der Waals surface area contributed by atoms with Crippen molar-refractivity contribution in [2.24, 2.45) is 0 Å². The molecule has 9 heteroatoms. The van der Waals surface area contributed by atoms with Gasteiger partial charge in [0, 0.05) is 17.5 Å². The summed E-state index contributed by atoms with van der Waals surface area (Å²) in [5.74, 6) is 0. The molecule has 2 aromatic rings. The summed E-state index contributed by atoms with van der Waals surface area (Å²) in [6, 6.07) is 3.50. The number of fused-ring (bicyclic) bond motifs is 1. The van der Waals surface area contributed by atoms with Gasteiger partial charge < -0.3 is 0 Å². The van der Waals surface area contributed by atoms with Crippen LogP contribution in [0, 0.1) is 10.1 Å². The van der Waals surface area contributed by atoms with Crippen LogP contribution in [-0.2, 0) is 5.54 Å². The van der Waals surface area contributed by atoms with Crippen LogP contribution in [0.2, 0.25) is 0 Å². The maximum absolute atomic E-state index is 13.8. The van der Waals surface area contributed by atoms with Gasteiger partial charge in [-0.2, -0.15) is 18.3 Å². The second-order valence-corrected chi connectivity index (χ2v) is 5.98. The second kappa shape index (κ2) is 5.57. The summed E-state index contributed by atoms with van der Waals surface area (Å²) >= 11 is 0. The minimum absolute atomic E-state index is 0.131. The lowest BCUT2D eigenvalue weighted by Gasteiger charge is -2.39. The molecule has 6 nitrogen and oxygen atoms in total. The number of hydrogen-bond donors (Lipinski definition) is 0. The quantitative estimate of drug-likeness (QED) is 0.618. The van der Waals surface area contributed by atoms with Gasteiger partial charge in [0.1, 0.15) is 0 Å². The van der Waals surface area contributed by atoms with Crippen molar-refractivity contribution >= 4 is 16.5 Å². The Balaban J connectivity index is 2.26. The highest BCUT2D eigenvalue weighted by molar-refractivity contribution is 5.82. The molecule has 0 aliphatic heterocycles. The molecule has 0 spiro atoms. The predicted octanol–water partition coefficient (Wildman–Crippen LogP) is 3.53. The van der Waals surface area contributed by atoms with Crippen LogP contribution in [0.3, 0.4) is 0 Å². The first-order valence-electron chi connectivity index (χ1n) is 7.50. The van der Waals surface area contributed by atoms with E-state index in [-0.39, 0.29) is 29.3 Å². The molecular formula is C15H14F3N3O3. The number of rotatable bonds is 2. The average Bonchev–Trinajstić information content (AvgIpc) is 2.54. The smallest absolute Gasteiger partial charge is 0.267 e. The maximum Gasteiger partial charge on any atom is 0.413 e. The molecule has 128 valence electrons. The number of hydrogen-bond acceptors (Lipinski definition) is 4. The molecule has 0 atom stereocenters. The van der Waals surface area contributed by atoms with E-state index in [9.17, 15) is 28.1 Å².